The normalized spacial score (nSPS) is 10.1. The van der Waals surface area contributed by atoms with Crippen molar-refractivity contribution < 1.29 is 19.4 Å². The zero-order valence-electron chi connectivity index (χ0n) is 11.1. The van der Waals surface area contributed by atoms with Crippen LogP contribution in [0.5, 0.6) is 5.75 Å². The highest BCUT2D eigenvalue weighted by atomic mass is 79.9. The molecule has 0 saturated heterocycles. The van der Waals surface area contributed by atoms with E-state index in [9.17, 15) is 14.7 Å². The summed E-state index contributed by atoms with van der Waals surface area (Å²) in [5, 5.41) is 14.1. The fourth-order valence-electron chi connectivity index (χ4n) is 1.66. The van der Waals surface area contributed by atoms with Crippen molar-refractivity contribution in [1.82, 2.24) is 0 Å². The van der Waals surface area contributed by atoms with Crippen LogP contribution in [0.1, 0.15) is 10.4 Å². The van der Waals surface area contributed by atoms with E-state index in [0.29, 0.717) is 15.2 Å². The molecule has 1 amide bonds. The summed E-state index contributed by atoms with van der Waals surface area (Å²) in [4.78, 5) is 22.9. The second kappa shape index (κ2) is 7.29. The lowest BCUT2D eigenvalue weighted by molar-refractivity contribution is -0.254. The highest BCUT2D eigenvalue weighted by molar-refractivity contribution is 9.10. The largest absolute Gasteiger partial charge is 0.545 e. The van der Waals surface area contributed by atoms with Crippen molar-refractivity contribution >= 4 is 45.1 Å². The van der Waals surface area contributed by atoms with E-state index in [4.69, 9.17) is 16.3 Å². The molecule has 0 atom stereocenters. The van der Waals surface area contributed by atoms with Gasteiger partial charge in [0.05, 0.1) is 5.97 Å². The molecule has 114 valence electrons. The maximum atomic E-state index is 11.8. The van der Waals surface area contributed by atoms with E-state index >= 15 is 0 Å². The number of halogens is 2. The Kier molecular flexibility index (Phi) is 5.41. The minimum atomic E-state index is -1.38. The Morgan fingerprint density at radius 1 is 1.18 bits per heavy atom. The molecule has 2 aromatic rings. The summed E-state index contributed by atoms with van der Waals surface area (Å²) >= 11 is 8.90. The van der Waals surface area contributed by atoms with Gasteiger partial charge in [-0.1, -0.05) is 27.5 Å². The second-order valence-corrected chi connectivity index (χ2v) is 5.62. The third-order valence-corrected chi connectivity index (χ3v) is 3.40. The van der Waals surface area contributed by atoms with Crippen molar-refractivity contribution in [3.8, 4) is 5.75 Å². The van der Waals surface area contributed by atoms with Gasteiger partial charge in [-0.25, -0.2) is 0 Å². The molecule has 0 heterocycles. The Balaban J connectivity index is 2.00. The van der Waals surface area contributed by atoms with Crippen LogP contribution in [0.4, 0.5) is 5.69 Å². The Morgan fingerprint density at radius 3 is 2.50 bits per heavy atom. The highest BCUT2D eigenvalue weighted by Crippen LogP contribution is 2.21. The number of nitrogens with one attached hydrogen (secondary N) is 1. The van der Waals surface area contributed by atoms with E-state index in [0.717, 1.165) is 0 Å². The third kappa shape index (κ3) is 4.47. The maximum Gasteiger partial charge on any atom is 0.262 e. The number of aromatic carboxylic acids is 1. The number of ether oxygens (including phenoxy) is 1. The first-order chi connectivity index (χ1) is 10.5. The number of hydrogen-bond acceptors (Lipinski definition) is 4. The molecule has 0 aromatic heterocycles. The van der Waals surface area contributed by atoms with E-state index in [1.807, 2.05) is 0 Å². The first-order valence-electron chi connectivity index (χ1n) is 6.15. The molecule has 0 bridgehead atoms. The fourth-order valence-corrected chi connectivity index (χ4v) is 2.15. The number of amides is 1. The van der Waals surface area contributed by atoms with Crippen LogP contribution < -0.4 is 15.2 Å². The number of anilines is 1. The summed E-state index contributed by atoms with van der Waals surface area (Å²) in [6.45, 7) is -0.260. The van der Waals surface area contributed by atoms with Crippen LogP contribution in [-0.2, 0) is 4.79 Å². The smallest absolute Gasteiger partial charge is 0.262 e. The molecule has 0 saturated carbocycles. The van der Waals surface area contributed by atoms with Gasteiger partial charge in [-0.05, 0) is 42.5 Å². The molecule has 2 aromatic carbocycles. The Labute approximate surface area is 140 Å². The maximum absolute atomic E-state index is 11.8. The molecule has 22 heavy (non-hydrogen) atoms. The van der Waals surface area contributed by atoms with E-state index < -0.39 is 11.9 Å². The van der Waals surface area contributed by atoms with E-state index in [-0.39, 0.29) is 17.9 Å². The van der Waals surface area contributed by atoms with Gasteiger partial charge in [0.25, 0.3) is 5.91 Å². The van der Waals surface area contributed by atoms with Crippen LogP contribution in [0.15, 0.2) is 46.9 Å². The average molecular weight is 384 g/mol. The van der Waals surface area contributed by atoms with Crippen LogP contribution in [0.3, 0.4) is 0 Å². The lowest BCUT2D eigenvalue weighted by atomic mass is 10.2. The van der Waals surface area contributed by atoms with Gasteiger partial charge in [-0.3, -0.25) is 4.79 Å². The molecule has 5 nitrogen and oxygen atoms in total. The van der Waals surface area contributed by atoms with E-state index in [2.05, 4.69) is 21.2 Å². The topological polar surface area (TPSA) is 78.5 Å². The molecule has 0 aliphatic carbocycles. The summed E-state index contributed by atoms with van der Waals surface area (Å²) in [5.74, 6) is -1.38. The molecule has 0 unspecified atom stereocenters. The molecule has 0 spiro atoms. The van der Waals surface area contributed by atoms with Gasteiger partial charge >= 0.3 is 0 Å². The predicted octanol–water partition coefficient (Wildman–Crippen LogP) is 2.48. The van der Waals surface area contributed by atoms with Crippen molar-refractivity contribution in [3.63, 3.8) is 0 Å². The Hall–Kier alpha value is -2.05. The highest BCUT2D eigenvalue weighted by Gasteiger charge is 2.09. The van der Waals surface area contributed by atoms with Crippen molar-refractivity contribution in [2.24, 2.45) is 0 Å². The minimum Gasteiger partial charge on any atom is -0.545 e. The van der Waals surface area contributed by atoms with Crippen LogP contribution in [0, 0.1) is 0 Å². The van der Waals surface area contributed by atoms with Crippen molar-refractivity contribution in [1.29, 1.82) is 0 Å². The lowest BCUT2D eigenvalue weighted by Gasteiger charge is -2.12. The van der Waals surface area contributed by atoms with E-state index in [1.54, 1.807) is 30.3 Å². The van der Waals surface area contributed by atoms with Crippen LogP contribution in [0.25, 0.3) is 0 Å². The second-order valence-electron chi connectivity index (χ2n) is 4.27. The van der Waals surface area contributed by atoms with Gasteiger partial charge in [0.15, 0.2) is 6.61 Å². The number of rotatable bonds is 5. The predicted molar refractivity (Wildman–Crippen MR) is 84.0 cm³/mol. The molecule has 0 aliphatic rings. The fraction of sp³-hybridized carbons (Fsp3) is 0.0667. The number of benzene rings is 2. The summed E-state index contributed by atoms with van der Waals surface area (Å²) in [7, 11) is 0. The van der Waals surface area contributed by atoms with Gasteiger partial charge in [0.2, 0.25) is 0 Å². The van der Waals surface area contributed by atoms with Crippen LogP contribution in [0.2, 0.25) is 5.02 Å². The average Bonchev–Trinajstić information content (AvgIpc) is 2.48. The SMILES string of the molecule is O=C(COc1ccc(Cl)cc1)Nc1ccc(Br)cc1C(=O)[O-]. The van der Waals surface area contributed by atoms with Crippen molar-refractivity contribution in [2.75, 3.05) is 11.9 Å². The number of carbonyl (C=O) groups is 2. The van der Waals surface area contributed by atoms with E-state index in [1.165, 1.54) is 12.1 Å². The van der Waals surface area contributed by atoms with Gasteiger partial charge < -0.3 is 20.0 Å². The molecule has 7 heteroatoms. The minimum absolute atomic E-state index is 0.116. The van der Waals surface area contributed by atoms with Gasteiger partial charge in [-0.15, -0.1) is 0 Å². The lowest BCUT2D eigenvalue weighted by Crippen LogP contribution is -2.26. The molecule has 0 aliphatic heterocycles. The van der Waals surface area contributed by atoms with Crippen LogP contribution >= 0.6 is 27.5 Å². The summed E-state index contributed by atoms with van der Waals surface area (Å²) in [5.41, 5.74) is 0.0297. The standard InChI is InChI=1S/C15H11BrClNO4/c16-9-1-6-13(12(7-9)15(20)21)18-14(19)8-22-11-4-2-10(17)3-5-11/h1-7H,8H2,(H,18,19)(H,20,21)/p-1. The summed E-state index contributed by atoms with van der Waals surface area (Å²) in [6, 6.07) is 11.0. The van der Waals surface area contributed by atoms with Crippen molar-refractivity contribution in [3.05, 3.63) is 57.5 Å². The number of carboxylic acids is 1. The zero-order chi connectivity index (χ0) is 16.1. The molecule has 2 rings (SSSR count). The van der Waals surface area contributed by atoms with Gasteiger partial charge in [-0.2, -0.15) is 0 Å². The molecule has 0 fully saturated rings. The monoisotopic (exact) mass is 382 g/mol. The number of carboxylic acid groups (broad SMARTS) is 1. The number of carbonyl (C=O) groups excluding carboxylic acids is 2. The van der Waals surface area contributed by atoms with Gasteiger partial charge in [0.1, 0.15) is 5.75 Å². The van der Waals surface area contributed by atoms with Crippen LogP contribution in [-0.4, -0.2) is 18.5 Å². The third-order valence-electron chi connectivity index (χ3n) is 2.66. The quantitative estimate of drug-likeness (QED) is 0.860. The first kappa shape index (κ1) is 16.3. The first-order valence-corrected chi connectivity index (χ1v) is 7.32. The Morgan fingerprint density at radius 2 is 1.86 bits per heavy atom. The molecular formula is C15H10BrClNO4-. The molecule has 0 radical (unpaired) electrons. The zero-order valence-corrected chi connectivity index (χ0v) is 13.5. The van der Waals surface area contributed by atoms with Gasteiger partial charge in [0, 0.05) is 20.7 Å². The number of hydrogen-bond donors (Lipinski definition) is 1. The molecule has 1 N–H and O–H groups in total. The molecular weight excluding hydrogens is 374 g/mol. The summed E-state index contributed by atoms with van der Waals surface area (Å²) < 4.78 is 5.85. The Bertz CT molecular complexity index is 703. The van der Waals surface area contributed by atoms with Crippen molar-refractivity contribution in [2.45, 2.75) is 0 Å². The summed E-state index contributed by atoms with van der Waals surface area (Å²) in [6.07, 6.45) is 0.